The number of likely N-dealkylation sites (tertiary alicyclic amines) is 1. The van der Waals surface area contributed by atoms with Crippen LogP contribution in [-0.4, -0.2) is 64.7 Å². The van der Waals surface area contributed by atoms with Crippen LogP contribution in [-0.2, 0) is 18.3 Å². The molecule has 0 aliphatic carbocycles. The van der Waals surface area contributed by atoms with E-state index in [0.29, 0.717) is 32.1 Å². The van der Waals surface area contributed by atoms with E-state index in [1.54, 1.807) is 18.4 Å². The molecule has 25 heavy (non-hydrogen) atoms. The Morgan fingerprint density at radius 3 is 3.04 bits per heavy atom. The average molecular weight is 344 g/mol. The van der Waals surface area contributed by atoms with Crippen LogP contribution in [0.4, 0.5) is 0 Å². The van der Waals surface area contributed by atoms with Crippen molar-refractivity contribution in [3.63, 3.8) is 0 Å². The summed E-state index contributed by atoms with van der Waals surface area (Å²) in [5.41, 5.74) is -0.0100. The molecule has 2 aromatic heterocycles. The summed E-state index contributed by atoms with van der Waals surface area (Å²) in [7, 11) is 2.02. The molecular formula is C18H24N4O3. The Bertz CT molecular complexity index is 727. The first-order valence-corrected chi connectivity index (χ1v) is 8.74. The number of carbonyl (C=O) groups excluding carboxylic acids is 1. The average Bonchev–Trinajstić information content (AvgIpc) is 3.31. The highest BCUT2D eigenvalue weighted by molar-refractivity contribution is 5.91. The van der Waals surface area contributed by atoms with Gasteiger partial charge in [0.1, 0.15) is 5.82 Å². The van der Waals surface area contributed by atoms with Crippen LogP contribution < -0.4 is 0 Å². The number of imidazole rings is 1. The number of hydrogen-bond donors (Lipinski definition) is 0. The molecule has 0 saturated carbocycles. The first-order chi connectivity index (χ1) is 12.2. The molecular weight excluding hydrogens is 320 g/mol. The van der Waals surface area contributed by atoms with E-state index in [2.05, 4.69) is 14.5 Å². The molecule has 0 bridgehead atoms. The summed E-state index contributed by atoms with van der Waals surface area (Å²) in [4.78, 5) is 21.4. The van der Waals surface area contributed by atoms with Gasteiger partial charge in [-0.1, -0.05) is 0 Å². The second-order valence-electron chi connectivity index (χ2n) is 7.17. The number of aryl methyl sites for hydroxylation is 1. The molecule has 1 atom stereocenters. The molecule has 0 radical (unpaired) electrons. The largest absolute Gasteiger partial charge is 0.459 e. The zero-order chi connectivity index (χ0) is 17.3. The van der Waals surface area contributed by atoms with E-state index >= 15 is 0 Å². The summed E-state index contributed by atoms with van der Waals surface area (Å²) in [6, 6.07) is 3.48. The molecule has 2 aliphatic heterocycles. The van der Waals surface area contributed by atoms with Gasteiger partial charge < -0.3 is 18.6 Å². The van der Waals surface area contributed by atoms with E-state index in [1.165, 1.54) is 0 Å². The van der Waals surface area contributed by atoms with E-state index in [0.717, 1.165) is 31.9 Å². The van der Waals surface area contributed by atoms with Gasteiger partial charge in [-0.3, -0.25) is 9.69 Å². The first kappa shape index (κ1) is 16.4. The summed E-state index contributed by atoms with van der Waals surface area (Å²) in [6.07, 6.45) is 6.38. The summed E-state index contributed by atoms with van der Waals surface area (Å²) >= 11 is 0. The van der Waals surface area contributed by atoms with Gasteiger partial charge in [-0.2, -0.15) is 0 Å². The van der Waals surface area contributed by atoms with Crippen molar-refractivity contribution in [1.82, 2.24) is 19.4 Å². The zero-order valence-electron chi connectivity index (χ0n) is 14.6. The van der Waals surface area contributed by atoms with Gasteiger partial charge in [-0.25, -0.2) is 4.98 Å². The van der Waals surface area contributed by atoms with Gasteiger partial charge in [0.2, 0.25) is 0 Å². The Labute approximate surface area is 147 Å². The van der Waals surface area contributed by atoms with Crippen LogP contribution in [0.2, 0.25) is 0 Å². The minimum absolute atomic E-state index is 0.0100. The van der Waals surface area contributed by atoms with Crippen molar-refractivity contribution in [2.75, 3.05) is 39.4 Å². The van der Waals surface area contributed by atoms with Crippen LogP contribution in [0.5, 0.6) is 0 Å². The lowest BCUT2D eigenvalue weighted by atomic mass is 9.87. The fourth-order valence-electron chi connectivity index (χ4n) is 3.88. The molecule has 2 saturated heterocycles. The predicted molar refractivity (Wildman–Crippen MR) is 91.0 cm³/mol. The van der Waals surface area contributed by atoms with Gasteiger partial charge in [-0.15, -0.1) is 0 Å². The van der Waals surface area contributed by atoms with Crippen LogP contribution in [0.25, 0.3) is 0 Å². The molecule has 2 aromatic rings. The summed E-state index contributed by atoms with van der Waals surface area (Å²) < 4.78 is 13.2. The lowest BCUT2D eigenvalue weighted by Gasteiger charge is -2.31. The predicted octanol–water partition coefficient (Wildman–Crippen LogP) is 1.38. The molecule has 7 heteroatoms. The van der Waals surface area contributed by atoms with E-state index in [9.17, 15) is 4.79 Å². The van der Waals surface area contributed by atoms with Crippen molar-refractivity contribution in [1.29, 1.82) is 0 Å². The molecule has 1 amide bonds. The topological polar surface area (TPSA) is 63.7 Å². The minimum atomic E-state index is -0.0440. The number of rotatable bonds is 3. The van der Waals surface area contributed by atoms with Gasteiger partial charge in [0.25, 0.3) is 5.91 Å². The van der Waals surface area contributed by atoms with Gasteiger partial charge in [-0.05, 0) is 25.1 Å². The Morgan fingerprint density at radius 1 is 1.36 bits per heavy atom. The summed E-state index contributed by atoms with van der Waals surface area (Å²) in [5, 5.41) is 0. The molecule has 1 unspecified atom stereocenters. The van der Waals surface area contributed by atoms with Gasteiger partial charge in [0.05, 0.1) is 26.0 Å². The fraction of sp³-hybridized carbons (Fsp3) is 0.556. The molecule has 2 aliphatic rings. The maximum atomic E-state index is 12.7. The number of amides is 1. The number of ether oxygens (including phenoxy) is 1. The Morgan fingerprint density at radius 2 is 2.28 bits per heavy atom. The third-order valence-electron chi connectivity index (χ3n) is 5.26. The molecule has 4 rings (SSSR count). The van der Waals surface area contributed by atoms with Crippen LogP contribution in [0, 0.1) is 5.41 Å². The van der Waals surface area contributed by atoms with E-state index in [4.69, 9.17) is 9.15 Å². The zero-order valence-corrected chi connectivity index (χ0v) is 14.6. The molecule has 0 aromatic carbocycles. The Hall–Kier alpha value is -2.12. The second-order valence-corrected chi connectivity index (χ2v) is 7.17. The number of carbonyl (C=O) groups is 1. The normalized spacial score (nSPS) is 24.8. The van der Waals surface area contributed by atoms with Crippen molar-refractivity contribution in [2.24, 2.45) is 12.5 Å². The SMILES string of the molecule is Cn1ccnc1CN1CCC2(COCCN(C(=O)c3ccco3)C2)C1. The van der Waals surface area contributed by atoms with Gasteiger partial charge >= 0.3 is 0 Å². The quantitative estimate of drug-likeness (QED) is 0.842. The van der Waals surface area contributed by atoms with Crippen molar-refractivity contribution in [3.8, 4) is 0 Å². The number of hydrogen-bond acceptors (Lipinski definition) is 5. The molecule has 134 valence electrons. The van der Waals surface area contributed by atoms with Gasteiger partial charge in [0.15, 0.2) is 5.76 Å². The monoisotopic (exact) mass is 344 g/mol. The highest BCUT2D eigenvalue weighted by Crippen LogP contribution is 2.34. The third-order valence-corrected chi connectivity index (χ3v) is 5.26. The van der Waals surface area contributed by atoms with Crippen LogP contribution in [0.3, 0.4) is 0 Å². The van der Waals surface area contributed by atoms with Crippen molar-refractivity contribution in [3.05, 3.63) is 42.4 Å². The van der Waals surface area contributed by atoms with Crippen molar-refractivity contribution < 1.29 is 13.9 Å². The van der Waals surface area contributed by atoms with Crippen LogP contribution in [0.1, 0.15) is 22.8 Å². The number of furan rings is 1. The summed E-state index contributed by atoms with van der Waals surface area (Å²) in [5.74, 6) is 1.42. The molecule has 0 N–H and O–H groups in total. The highest BCUT2D eigenvalue weighted by Gasteiger charge is 2.42. The lowest BCUT2D eigenvalue weighted by Crippen LogP contribution is -2.43. The van der Waals surface area contributed by atoms with E-state index < -0.39 is 0 Å². The Balaban J connectivity index is 1.45. The van der Waals surface area contributed by atoms with E-state index in [-0.39, 0.29) is 11.3 Å². The third kappa shape index (κ3) is 3.34. The molecule has 4 heterocycles. The molecule has 7 nitrogen and oxygen atoms in total. The highest BCUT2D eigenvalue weighted by atomic mass is 16.5. The molecule has 1 spiro atoms. The van der Waals surface area contributed by atoms with E-state index in [1.807, 2.05) is 24.3 Å². The van der Waals surface area contributed by atoms with Crippen molar-refractivity contribution >= 4 is 5.91 Å². The second kappa shape index (κ2) is 6.65. The minimum Gasteiger partial charge on any atom is -0.459 e. The maximum Gasteiger partial charge on any atom is 0.289 e. The Kier molecular flexibility index (Phi) is 4.35. The number of nitrogens with zero attached hydrogens (tertiary/aromatic N) is 4. The standard InChI is InChI=1S/C18H24N4O3/c1-20-7-5-19-16(20)11-21-6-4-18(12-21)13-22(8-10-24-14-18)17(23)15-3-2-9-25-15/h2-3,5,7,9H,4,6,8,10-14H2,1H3. The number of aromatic nitrogens is 2. The fourth-order valence-corrected chi connectivity index (χ4v) is 3.88. The maximum absolute atomic E-state index is 12.7. The van der Waals surface area contributed by atoms with Crippen LogP contribution >= 0.6 is 0 Å². The van der Waals surface area contributed by atoms with Gasteiger partial charge in [0, 0.05) is 44.5 Å². The molecule has 2 fully saturated rings. The lowest BCUT2D eigenvalue weighted by molar-refractivity contribution is 0.0623. The smallest absolute Gasteiger partial charge is 0.289 e. The van der Waals surface area contributed by atoms with Crippen LogP contribution in [0.15, 0.2) is 35.2 Å². The van der Waals surface area contributed by atoms with Crippen molar-refractivity contribution in [2.45, 2.75) is 13.0 Å². The summed E-state index contributed by atoms with van der Waals surface area (Å²) in [6.45, 7) is 5.35. The first-order valence-electron chi connectivity index (χ1n) is 8.74.